The third-order valence-electron chi connectivity index (χ3n) is 5.30. The molecule has 0 bridgehead atoms. The number of carbonyl (C=O) groups is 1. The molecule has 21 heavy (non-hydrogen) atoms. The van der Waals surface area contributed by atoms with Crippen LogP contribution in [0, 0.1) is 11.8 Å². The number of carbonyl (C=O) groups excluding carboxylic acids is 1. The highest BCUT2D eigenvalue weighted by Gasteiger charge is 2.35. The van der Waals surface area contributed by atoms with E-state index in [1.165, 1.54) is 44.2 Å². The Morgan fingerprint density at radius 2 is 1.62 bits per heavy atom. The van der Waals surface area contributed by atoms with Crippen molar-refractivity contribution in [3.05, 3.63) is 30.3 Å². The molecule has 1 aromatic carbocycles. The van der Waals surface area contributed by atoms with Gasteiger partial charge in [0.05, 0.1) is 0 Å². The highest BCUT2D eigenvalue weighted by Crippen LogP contribution is 2.35. The molecular formula is C19H27NO. The summed E-state index contributed by atoms with van der Waals surface area (Å²) in [6, 6.07) is 10.8. The van der Waals surface area contributed by atoms with E-state index >= 15 is 0 Å². The smallest absolute Gasteiger partial charge is 0.138 e. The summed E-state index contributed by atoms with van der Waals surface area (Å²) in [6.07, 6.45) is 10.8. The van der Waals surface area contributed by atoms with Crippen molar-refractivity contribution < 1.29 is 4.79 Å². The molecule has 2 fully saturated rings. The lowest BCUT2D eigenvalue weighted by Gasteiger charge is -2.38. The lowest BCUT2D eigenvalue weighted by Crippen LogP contribution is -2.42. The van der Waals surface area contributed by atoms with Crippen LogP contribution in [0.4, 0.5) is 5.69 Å². The molecule has 0 amide bonds. The second-order valence-electron chi connectivity index (χ2n) is 6.75. The largest absolute Gasteiger partial charge is 0.381 e. The number of benzene rings is 1. The van der Waals surface area contributed by atoms with Gasteiger partial charge >= 0.3 is 0 Å². The van der Waals surface area contributed by atoms with Gasteiger partial charge in [0, 0.05) is 24.1 Å². The number of rotatable bonds is 4. The Balaban J connectivity index is 1.77. The quantitative estimate of drug-likeness (QED) is 0.860. The predicted octanol–water partition coefficient (Wildman–Crippen LogP) is 4.81. The number of anilines is 1. The highest BCUT2D eigenvalue weighted by atomic mass is 16.1. The van der Waals surface area contributed by atoms with Crippen LogP contribution < -0.4 is 5.32 Å². The third kappa shape index (κ3) is 3.66. The van der Waals surface area contributed by atoms with Crippen LogP contribution in [0.15, 0.2) is 30.3 Å². The normalized spacial score (nSPS) is 25.5. The number of ketones is 1. The maximum absolute atomic E-state index is 12.4. The van der Waals surface area contributed by atoms with E-state index in [1.54, 1.807) is 0 Å². The van der Waals surface area contributed by atoms with E-state index in [0.29, 0.717) is 17.7 Å². The van der Waals surface area contributed by atoms with Gasteiger partial charge in [0.15, 0.2) is 0 Å². The first kappa shape index (κ1) is 14.6. The van der Waals surface area contributed by atoms with E-state index in [2.05, 4.69) is 29.6 Å². The van der Waals surface area contributed by atoms with Gasteiger partial charge in [-0.25, -0.2) is 0 Å². The molecule has 0 saturated heterocycles. The van der Waals surface area contributed by atoms with Crippen LogP contribution in [0.3, 0.4) is 0 Å². The Labute approximate surface area is 128 Å². The number of hydrogen-bond acceptors (Lipinski definition) is 2. The van der Waals surface area contributed by atoms with E-state index in [4.69, 9.17) is 0 Å². The van der Waals surface area contributed by atoms with Gasteiger partial charge in [-0.2, -0.15) is 0 Å². The summed E-state index contributed by atoms with van der Waals surface area (Å²) in [6.45, 7) is 0. The molecule has 2 unspecified atom stereocenters. The Morgan fingerprint density at radius 3 is 2.33 bits per heavy atom. The SMILES string of the molecule is O=C1CCCCC1C(Nc1ccccc1)C1CCCCC1. The first-order valence-corrected chi connectivity index (χ1v) is 8.69. The molecular weight excluding hydrogens is 258 g/mol. The minimum absolute atomic E-state index is 0.238. The minimum atomic E-state index is 0.238. The van der Waals surface area contributed by atoms with Gasteiger partial charge in [-0.1, -0.05) is 43.9 Å². The van der Waals surface area contributed by atoms with E-state index in [9.17, 15) is 4.79 Å². The average molecular weight is 285 g/mol. The molecule has 2 aliphatic carbocycles. The highest BCUT2D eigenvalue weighted by molar-refractivity contribution is 5.82. The second-order valence-corrected chi connectivity index (χ2v) is 6.75. The summed E-state index contributed by atoms with van der Waals surface area (Å²) >= 11 is 0. The summed E-state index contributed by atoms with van der Waals surface area (Å²) < 4.78 is 0. The fourth-order valence-corrected chi connectivity index (χ4v) is 4.16. The molecule has 2 nitrogen and oxygen atoms in total. The molecule has 3 rings (SSSR count). The van der Waals surface area contributed by atoms with Gasteiger partial charge in [-0.3, -0.25) is 4.79 Å². The third-order valence-corrected chi connectivity index (χ3v) is 5.30. The molecule has 0 spiro atoms. The van der Waals surface area contributed by atoms with Crippen molar-refractivity contribution in [3.63, 3.8) is 0 Å². The number of para-hydroxylation sites is 1. The van der Waals surface area contributed by atoms with Gasteiger partial charge in [0.2, 0.25) is 0 Å². The van der Waals surface area contributed by atoms with Gasteiger partial charge in [0.25, 0.3) is 0 Å². The van der Waals surface area contributed by atoms with E-state index in [0.717, 1.165) is 19.3 Å². The maximum atomic E-state index is 12.4. The number of hydrogen-bond donors (Lipinski definition) is 1. The summed E-state index contributed by atoms with van der Waals surface area (Å²) in [5.74, 6) is 1.41. The van der Waals surface area contributed by atoms with Crippen LogP contribution in [0.5, 0.6) is 0 Å². The first-order chi connectivity index (χ1) is 10.3. The molecule has 2 heteroatoms. The molecule has 0 aromatic heterocycles. The summed E-state index contributed by atoms with van der Waals surface area (Å²) in [4.78, 5) is 12.4. The molecule has 0 aliphatic heterocycles. The molecule has 1 N–H and O–H groups in total. The Kier molecular flexibility index (Phi) is 4.95. The first-order valence-electron chi connectivity index (χ1n) is 8.69. The fourth-order valence-electron chi connectivity index (χ4n) is 4.16. The van der Waals surface area contributed by atoms with E-state index in [1.807, 2.05) is 6.07 Å². The fraction of sp³-hybridized carbons (Fsp3) is 0.632. The molecule has 2 atom stereocenters. The van der Waals surface area contributed by atoms with Crippen molar-refractivity contribution in [2.75, 3.05) is 5.32 Å². The van der Waals surface area contributed by atoms with Crippen molar-refractivity contribution in [3.8, 4) is 0 Å². The Morgan fingerprint density at radius 1 is 0.905 bits per heavy atom. The van der Waals surface area contributed by atoms with Crippen LogP contribution >= 0.6 is 0 Å². The zero-order valence-corrected chi connectivity index (χ0v) is 12.9. The minimum Gasteiger partial charge on any atom is -0.381 e. The summed E-state index contributed by atoms with van der Waals surface area (Å²) in [5, 5.41) is 3.73. The average Bonchev–Trinajstić information content (AvgIpc) is 2.55. The topological polar surface area (TPSA) is 29.1 Å². The van der Waals surface area contributed by atoms with Gasteiger partial charge < -0.3 is 5.32 Å². The van der Waals surface area contributed by atoms with Crippen LogP contribution in [-0.2, 0) is 4.79 Å². The van der Waals surface area contributed by atoms with Gasteiger partial charge in [-0.05, 0) is 43.7 Å². The van der Waals surface area contributed by atoms with Crippen LogP contribution in [0.2, 0.25) is 0 Å². The Hall–Kier alpha value is -1.31. The van der Waals surface area contributed by atoms with Crippen molar-refractivity contribution in [2.24, 2.45) is 11.8 Å². The van der Waals surface area contributed by atoms with Crippen LogP contribution in [-0.4, -0.2) is 11.8 Å². The predicted molar refractivity (Wildman–Crippen MR) is 87.4 cm³/mol. The maximum Gasteiger partial charge on any atom is 0.138 e. The molecule has 114 valence electrons. The van der Waals surface area contributed by atoms with Crippen molar-refractivity contribution in [1.29, 1.82) is 0 Å². The molecule has 0 heterocycles. The van der Waals surface area contributed by atoms with E-state index in [-0.39, 0.29) is 5.92 Å². The van der Waals surface area contributed by atoms with Crippen molar-refractivity contribution >= 4 is 11.5 Å². The summed E-state index contributed by atoms with van der Waals surface area (Å²) in [7, 11) is 0. The van der Waals surface area contributed by atoms with Crippen molar-refractivity contribution in [2.45, 2.75) is 63.8 Å². The van der Waals surface area contributed by atoms with Crippen LogP contribution in [0.25, 0.3) is 0 Å². The van der Waals surface area contributed by atoms with Gasteiger partial charge in [-0.15, -0.1) is 0 Å². The molecule has 0 radical (unpaired) electrons. The second kappa shape index (κ2) is 7.11. The van der Waals surface area contributed by atoms with Crippen molar-refractivity contribution in [1.82, 2.24) is 0 Å². The molecule has 2 saturated carbocycles. The molecule has 1 aromatic rings. The standard InChI is InChI=1S/C19H27NO/c21-18-14-8-7-13-17(18)19(15-9-3-1-4-10-15)20-16-11-5-2-6-12-16/h2,5-6,11-12,15,17,19-20H,1,3-4,7-10,13-14H2. The number of nitrogens with one attached hydrogen (secondary N) is 1. The lowest BCUT2D eigenvalue weighted by atomic mass is 9.73. The lowest BCUT2D eigenvalue weighted by molar-refractivity contribution is -0.125. The van der Waals surface area contributed by atoms with Crippen LogP contribution in [0.1, 0.15) is 57.8 Å². The number of Topliss-reactive ketones (excluding diaryl/α,β-unsaturated/α-hetero) is 1. The monoisotopic (exact) mass is 285 g/mol. The molecule has 2 aliphatic rings. The van der Waals surface area contributed by atoms with E-state index < -0.39 is 0 Å². The zero-order valence-electron chi connectivity index (χ0n) is 12.9. The summed E-state index contributed by atoms with van der Waals surface area (Å²) in [5.41, 5.74) is 1.17. The Bertz CT molecular complexity index is 450. The van der Waals surface area contributed by atoms with Gasteiger partial charge in [0.1, 0.15) is 5.78 Å². The zero-order chi connectivity index (χ0) is 14.5.